The molecule has 0 saturated carbocycles. The summed E-state index contributed by atoms with van der Waals surface area (Å²) in [4.78, 5) is 0. The van der Waals surface area contributed by atoms with E-state index in [1.807, 2.05) is 55.5 Å². The molecule has 0 bridgehead atoms. The zero-order chi connectivity index (χ0) is 14.7. The van der Waals surface area contributed by atoms with Crippen LogP contribution < -0.4 is 4.74 Å². The fourth-order valence-electron chi connectivity index (χ4n) is 1.94. The van der Waals surface area contributed by atoms with Crippen LogP contribution in [-0.4, -0.2) is 16.8 Å². The van der Waals surface area contributed by atoms with E-state index in [0.717, 1.165) is 21.3 Å². The summed E-state index contributed by atoms with van der Waals surface area (Å²) in [6.07, 6.45) is 0. The van der Waals surface area contributed by atoms with Gasteiger partial charge >= 0.3 is 0 Å². The summed E-state index contributed by atoms with van der Waals surface area (Å²) in [7, 11) is 0. The Balaban J connectivity index is 1.89. The van der Waals surface area contributed by atoms with Crippen molar-refractivity contribution in [1.82, 2.24) is 10.2 Å². The van der Waals surface area contributed by atoms with Gasteiger partial charge in [0, 0.05) is 10.0 Å². The molecule has 0 N–H and O–H groups in total. The number of nitrogens with zero attached hydrogens (tertiary/aromatic N) is 2. The highest BCUT2D eigenvalue weighted by atomic mass is 79.9. The first-order valence-corrected chi connectivity index (χ1v) is 7.39. The van der Waals surface area contributed by atoms with Crippen molar-refractivity contribution < 1.29 is 9.15 Å². The maximum atomic E-state index is 5.74. The molecule has 0 atom stereocenters. The third-order valence-electron chi connectivity index (χ3n) is 2.94. The van der Waals surface area contributed by atoms with E-state index in [2.05, 4.69) is 26.1 Å². The van der Waals surface area contributed by atoms with E-state index in [4.69, 9.17) is 9.15 Å². The number of aromatic nitrogens is 2. The maximum Gasteiger partial charge on any atom is 0.249 e. The first-order chi connectivity index (χ1) is 10.3. The molecule has 0 amide bonds. The van der Waals surface area contributed by atoms with Crippen molar-refractivity contribution in [2.75, 3.05) is 6.61 Å². The Morgan fingerprint density at radius 3 is 2.43 bits per heavy atom. The van der Waals surface area contributed by atoms with E-state index in [-0.39, 0.29) is 0 Å². The van der Waals surface area contributed by atoms with Crippen LogP contribution >= 0.6 is 15.9 Å². The van der Waals surface area contributed by atoms with Gasteiger partial charge in [0.05, 0.1) is 12.2 Å². The Hall–Kier alpha value is -2.14. The molecule has 2 aromatic carbocycles. The van der Waals surface area contributed by atoms with Crippen LogP contribution in [0.5, 0.6) is 5.75 Å². The molecular formula is C16H13BrN2O2. The van der Waals surface area contributed by atoms with Gasteiger partial charge in [0.2, 0.25) is 11.8 Å². The van der Waals surface area contributed by atoms with Gasteiger partial charge in [-0.15, -0.1) is 10.2 Å². The van der Waals surface area contributed by atoms with Crippen LogP contribution in [0.2, 0.25) is 0 Å². The van der Waals surface area contributed by atoms with Crippen LogP contribution in [0.3, 0.4) is 0 Å². The molecular weight excluding hydrogens is 332 g/mol. The van der Waals surface area contributed by atoms with Crippen molar-refractivity contribution in [3.63, 3.8) is 0 Å². The lowest BCUT2D eigenvalue weighted by atomic mass is 10.2. The third kappa shape index (κ3) is 2.97. The van der Waals surface area contributed by atoms with E-state index < -0.39 is 0 Å². The van der Waals surface area contributed by atoms with E-state index in [9.17, 15) is 0 Å². The Labute approximate surface area is 130 Å². The van der Waals surface area contributed by atoms with E-state index in [0.29, 0.717) is 18.4 Å². The summed E-state index contributed by atoms with van der Waals surface area (Å²) in [5, 5.41) is 8.21. The molecule has 0 aliphatic rings. The number of benzene rings is 2. The molecule has 0 saturated heterocycles. The molecule has 1 heterocycles. The normalized spacial score (nSPS) is 10.6. The first kappa shape index (κ1) is 13.8. The first-order valence-electron chi connectivity index (χ1n) is 6.59. The Morgan fingerprint density at radius 2 is 1.71 bits per heavy atom. The van der Waals surface area contributed by atoms with Gasteiger partial charge in [-0.1, -0.05) is 12.1 Å². The average molecular weight is 345 g/mol. The number of hydrogen-bond donors (Lipinski definition) is 0. The molecule has 106 valence electrons. The Morgan fingerprint density at radius 1 is 1.00 bits per heavy atom. The summed E-state index contributed by atoms with van der Waals surface area (Å²) < 4.78 is 12.1. The Bertz CT molecular complexity index is 738. The van der Waals surface area contributed by atoms with Crippen molar-refractivity contribution in [3.05, 3.63) is 53.0 Å². The second-order valence-corrected chi connectivity index (χ2v) is 5.20. The minimum Gasteiger partial charge on any atom is -0.494 e. The average Bonchev–Trinajstić information content (AvgIpc) is 2.98. The van der Waals surface area contributed by atoms with Crippen molar-refractivity contribution in [3.8, 4) is 28.7 Å². The van der Waals surface area contributed by atoms with E-state index in [1.54, 1.807) is 0 Å². The van der Waals surface area contributed by atoms with Gasteiger partial charge in [0.15, 0.2) is 0 Å². The molecule has 0 aliphatic heterocycles. The lowest BCUT2D eigenvalue weighted by Crippen LogP contribution is -1.90. The molecule has 21 heavy (non-hydrogen) atoms. The van der Waals surface area contributed by atoms with Gasteiger partial charge in [-0.05, 0) is 59.3 Å². The minimum absolute atomic E-state index is 0.490. The maximum absolute atomic E-state index is 5.74. The highest BCUT2D eigenvalue weighted by molar-refractivity contribution is 9.10. The van der Waals surface area contributed by atoms with Gasteiger partial charge in [-0.3, -0.25) is 0 Å². The number of rotatable bonds is 4. The quantitative estimate of drug-likeness (QED) is 0.695. The summed E-state index contributed by atoms with van der Waals surface area (Å²) in [5.41, 5.74) is 1.74. The molecule has 3 aromatic rings. The molecule has 0 unspecified atom stereocenters. The predicted octanol–water partition coefficient (Wildman–Crippen LogP) is 4.56. The summed E-state index contributed by atoms with van der Waals surface area (Å²) in [6, 6.07) is 15.3. The fourth-order valence-corrected chi connectivity index (χ4v) is 2.40. The molecule has 0 fully saturated rings. The highest BCUT2D eigenvalue weighted by Crippen LogP contribution is 2.29. The molecule has 5 heteroatoms. The minimum atomic E-state index is 0.490. The largest absolute Gasteiger partial charge is 0.494 e. The van der Waals surface area contributed by atoms with Gasteiger partial charge in [0.25, 0.3) is 0 Å². The van der Waals surface area contributed by atoms with Crippen LogP contribution in [-0.2, 0) is 0 Å². The molecule has 3 rings (SSSR count). The van der Waals surface area contributed by atoms with Crippen molar-refractivity contribution in [2.45, 2.75) is 6.92 Å². The topological polar surface area (TPSA) is 48.2 Å². The smallest absolute Gasteiger partial charge is 0.249 e. The predicted molar refractivity (Wildman–Crippen MR) is 84.0 cm³/mol. The lowest BCUT2D eigenvalue weighted by Gasteiger charge is -2.02. The summed E-state index contributed by atoms with van der Waals surface area (Å²) in [5.74, 6) is 1.81. The molecule has 0 spiro atoms. The summed E-state index contributed by atoms with van der Waals surface area (Å²) >= 11 is 3.48. The number of halogens is 1. The second kappa shape index (κ2) is 6.10. The second-order valence-electron chi connectivity index (χ2n) is 4.35. The zero-order valence-electron chi connectivity index (χ0n) is 11.4. The fraction of sp³-hybridized carbons (Fsp3) is 0.125. The summed E-state index contributed by atoms with van der Waals surface area (Å²) in [6.45, 7) is 2.60. The molecule has 1 aromatic heterocycles. The van der Waals surface area contributed by atoms with Crippen molar-refractivity contribution in [1.29, 1.82) is 0 Å². The van der Waals surface area contributed by atoms with Crippen LogP contribution in [0.15, 0.2) is 57.4 Å². The van der Waals surface area contributed by atoms with Gasteiger partial charge in [-0.25, -0.2) is 0 Å². The molecule has 4 nitrogen and oxygen atoms in total. The molecule has 0 aliphatic carbocycles. The van der Waals surface area contributed by atoms with Crippen molar-refractivity contribution >= 4 is 15.9 Å². The highest BCUT2D eigenvalue weighted by Gasteiger charge is 2.12. The van der Waals surface area contributed by atoms with E-state index >= 15 is 0 Å². The van der Waals surface area contributed by atoms with Crippen LogP contribution in [0.4, 0.5) is 0 Å². The standard InChI is InChI=1S/C16H13BrN2O2/c1-2-20-12-9-7-11(8-10-12)15-18-19-16(21-15)13-5-3-4-6-14(13)17/h3-10H,2H2,1H3. The van der Waals surface area contributed by atoms with Crippen LogP contribution in [0.1, 0.15) is 6.92 Å². The van der Waals surface area contributed by atoms with Crippen LogP contribution in [0.25, 0.3) is 22.9 Å². The monoisotopic (exact) mass is 344 g/mol. The zero-order valence-corrected chi connectivity index (χ0v) is 13.0. The number of hydrogen-bond acceptors (Lipinski definition) is 4. The van der Waals surface area contributed by atoms with Gasteiger partial charge in [-0.2, -0.15) is 0 Å². The van der Waals surface area contributed by atoms with Crippen molar-refractivity contribution in [2.24, 2.45) is 0 Å². The SMILES string of the molecule is CCOc1ccc(-c2nnc(-c3ccccc3Br)o2)cc1. The lowest BCUT2D eigenvalue weighted by molar-refractivity contribution is 0.340. The molecule has 0 radical (unpaired) electrons. The Kier molecular flexibility index (Phi) is 4.01. The van der Waals surface area contributed by atoms with E-state index in [1.165, 1.54) is 0 Å². The number of ether oxygens (including phenoxy) is 1. The van der Waals surface area contributed by atoms with Gasteiger partial charge in [0.1, 0.15) is 5.75 Å². The van der Waals surface area contributed by atoms with Gasteiger partial charge < -0.3 is 9.15 Å². The third-order valence-corrected chi connectivity index (χ3v) is 3.63. The van der Waals surface area contributed by atoms with Crippen LogP contribution in [0, 0.1) is 0 Å².